The van der Waals surface area contributed by atoms with E-state index in [9.17, 15) is 14.4 Å². The minimum atomic E-state index is -0.702. The number of nitrogens with zero attached hydrogens (tertiary/aromatic N) is 2. The lowest BCUT2D eigenvalue weighted by Crippen LogP contribution is -2.44. The molecule has 1 atom stereocenters. The predicted molar refractivity (Wildman–Crippen MR) is 151 cm³/mol. The van der Waals surface area contributed by atoms with E-state index in [0.717, 1.165) is 5.56 Å². The Bertz CT molecular complexity index is 1360. The average Bonchev–Trinajstić information content (AvgIpc) is 2.95. The number of benzene rings is 3. The Kier molecular flexibility index (Phi) is 9.22. The highest BCUT2D eigenvalue weighted by molar-refractivity contribution is 8.15. The first-order valence-corrected chi connectivity index (χ1v) is 13.2. The van der Waals surface area contributed by atoms with Crippen molar-refractivity contribution in [2.45, 2.75) is 25.1 Å². The van der Waals surface area contributed by atoms with Crippen LogP contribution in [0.3, 0.4) is 0 Å². The lowest BCUT2D eigenvalue weighted by molar-refractivity contribution is -0.129. The summed E-state index contributed by atoms with van der Waals surface area (Å²) < 4.78 is 15.6. The monoisotopic (exact) mass is 547 g/mol. The SMILES string of the molecule is CCOC(=O)c1ccc(N=C2SC(C(=O)Nc3ccccc3OC)CC(=O)N2Cc2ccc(OC)cc2)cc1. The van der Waals surface area contributed by atoms with E-state index in [1.807, 2.05) is 30.3 Å². The second kappa shape index (κ2) is 13.0. The van der Waals surface area contributed by atoms with E-state index in [1.54, 1.807) is 61.4 Å². The quantitative estimate of drug-likeness (QED) is 0.374. The van der Waals surface area contributed by atoms with Gasteiger partial charge in [0, 0.05) is 6.42 Å². The number of methoxy groups -OCH3 is 2. The first-order chi connectivity index (χ1) is 18.9. The third kappa shape index (κ3) is 6.97. The third-order valence-corrected chi connectivity index (χ3v) is 7.09. The third-order valence-electron chi connectivity index (χ3n) is 5.90. The van der Waals surface area contributed by atoms with Gasteiger partial charge in [0.25, 0.3) is 0 Å². The molecule has 0 aliphatic carbocycles. The van der Waals surface area contributed by atoms with Crippen LogP contribution in [0.15, 0.2) is 77.8 Å². The van der Waals surface area contributed by atoms with Gasteiger partial charge in [0.05, 0.1) is 44.3 Å². The fourth-order valence-corrected chi connectivity index (χ4v) is 4.97. The average molecular weight is 548 g/mol. The van der Waals surface area contributed by atoms with Gasteiger partial charge in [-0.05, 0) is 61.0 Å². The van der Waals surface area contributed by atoms with Gasteiger partial charge in [-0.25, -0.2) is 9.79 Å². The number of para-hydroxylation sites is 2. The second-order valence-electron chi connectivity index (χ2n) is 8.49. The Balaban J connectivity index is 1.60. The number of aliphatic imine (C=N–C) groups is 1. The number of carbonyl (C=O) groups is 3. The van der Waals surface area contributed by atoms with Crippen molar-refractivity contribution in [3.8, 4) is 11.5 Å². The van der Waals surface area contributed by atoms with Gasteiger partial charge >= 0.3 is 5.97 Å². The maximum Gasteiger partial charge on any atom is 0.338 e. The zero-order valence-electron chi connectivity index (χ0n) is 21.9. The van der Waals surface area contributed by atoms with Crippen molar-refractivity contribution < 1.29 is 28.6 Å². The summed E-state index contributed by atoms with van der Waals surface area (Å²) in [5, 5.41) is 2.55. The number of ether oxygens (including phenoxy) is 3. The molecule has 0 bridgehead atoms. The van der Waals surface area contributed by atoms with E-state index >= 15 is 0 Å². The number of carbonyl (C=O) groups excluding carboxylic acids is 3. The van der Waals surface area contributed by atoms with Crippen LogP contribution >= 0.6 is 11.8 Å². The van der Waals surface area contributed by atoms with Crippen LogP contribution < -0.4 is 14.8 Å². The Morgan fingerprint density at radius 2 is 1.72 bits per heavy atom. The number of amides is 2. The van der Waals surface area contributed by atoms with E-state index in [4.69, 9.17) is 19.2 Å². The molecule has 9 nitrogen and oxygen atoms in total. The zero-order valence-corrected chi connectivity index (χ0v) is 22.7. The number of nitrogens with one attached hydrogen (secondary N) is 1. The second-order valence-corrected chi connectivity index (χ2v) is 9.66. The first kappa shape index (κ1) is 27.7. The van der Waals surface area contributed by atoms with Crippen molar-refractivity contribution in [2.75, 3.05) is 26.1 Å². The summed E-state index contributed by atoms with van der Waals surface area (Å²) in [5.41, 5.74) is 2.33. The van der Waals surface area contributed by atoms with Gasteiger partial charge in [-0.1, -0.05) is 36.0 Å². The number of hydrogen-bond donors (Lipinski definition) is 1. The molecule has 0 aromatic heterocycles. The fourth-order valence-electron chi connectivity index (χ4n) is 3.87. The van der Waals surface area contributed by atoms with Crippen LogP contribution in [0.2, 0.25) is 0 Å². The van der Waals surface area contributed by atoms with Crippen molar-refractivity contribution in [2.24, 2.45) is 4.99 Å². The van der Waals surface area contributed by atoms with E-state index in [0.29, 0.717) is 33.6 Å². The summed E-state index contributed by atoms with van der Waals surface area (Å²) in [4.78, 5) is 44.9. The largest absolute Gasteiger partial charge is 0.497 e. The molecule has 0 radical (unpaired) electrons. The normalized spacial score (nSPS) is 16.1. The summed E-state index contributed by atoms with van der Waals surface area (Å²) in [7, 11) is 3.12. The van der Waals surface area contributed by atoms with Crippen molar-refractivity contribution in [1.29, 1.82) is 0 Å². The molecule has 1 aliphatic heterocycles. The van der Waals surface area contributed by atoms with Crippen LogP contribution in [0.25, 0.3) is 0 Å². The molecule has 10 heteroatoms. The number of thioether (sulfide) groups is 1. The molecule has 1 saturated heterocycles. The van der Waals surface area contributed by atoms with Crippen molar-refractivity contribution in [3.05, 3.63) is 83.9 Å². The number of amidine groups is 1. The molecular weight excluding hydrogens is 518 g/mol. The van der Waals surface area contributed by atoms with Gasteiger partial charge < -0.3 is 19.5 Å². The van der Waals surface area contributed by atoms with Gasteiger partial charge in [0.2, 0.25) is 11.8 Å². The summed E-state index contributed by atoms with van der Waals surface area (Å²) in [6.07, 6.45) is 0.00260. The molecule has 39 heavy (non-hydrogen) atoms. The highest BCUT2D eigenvalue weighted by atomic mass is 32.2. The molecule has 1 heterocycles. The van der Waals surface area contributed by atoms with Gasteiger partial charge in [-0.15, -0.1) is 0 Å². The molecule has 0 saturated carbocycles. The molecule has 1 unspecified atom stereocenters. The number of esters is 1. The Labute approximate surface area is 231 Å². The Morgan fingerprint density at radius 1 is 1.00 bits per heavy atom. The molecular formula is C29H29N3O6S. The molecule has 0 spiro atoms. The van der Waals surface area contributed by atoms with Crippen LogP contribution in [-0.4, -0.2) is 53.9 Å². The van der Waals surface area contributed by atoms with Crippen LogP contribution in [0.1, 0.15) is 29.3 Å². The maximum atomic E-state index is 13.4. The van der Waals surface area contributed by atoms with E-state index in [2.05, 4.69) is 5.32 Å². The number of hydrogen-bond acceptors (Lipinski definition) is 8. The fraction of sp³-hybridized carbons (Fsp3) is 0.241. The standard InChI is InChI=1S/C29H29N3O6S/c1-4-38-28(35)20-11-13-21(14-12-20)30-29-32(18-19-9-15-22(36-2)16-10-19)26(33)17-25(39-29)27(34)31-23-7-5-6-8-24(23)37-3/h5-16,25H,4,17-18H2,1-3H3,(H,31,34). The lowest BCUT2D eigenvalue weighted by Gasteiger charge is -2.32. The van der Waals surface area contributed by atoms with Crippen LogP contribution in [0.5, 0.6) is 11.5 Å². The van der Waals surface area contributed by atoms with Crippen molar-refractivity contribution >= 4 is 46.1 Å². The molecule has 1 fully saturated rings. The van der Waals surface area contributed by atoms with Crippen molar-refractivity contribution in [3.63, 3.8) is 0 Å². The molecule has 3 aromatic carbocycles. The van der Waals surface area contributed by atoms with Crippen LogP contribution in [0, 0.1) is 0 Å². The molecule has 202 valence electrons. The molecule has 2 amide bonds. The van der Waals surface area contributed by atoms with Crippen LogP contribution in [0.4, 0.5) is 11.4 Å². The van der Waals surface area contributed by atoms with Crippen LogP contribution in [-0.2, 0) is 20.9 Å². The molecule has 3 aromatic rings. The van der Waals surface area contributed by atoms with Gasteiger partial charge in [0.15, 0.2) is 5.17 Å². The number of rotatable bonds is 9. The molecule has 1 aliphatic rings. The predicted octanol–water partition coefficient (Wildman–Crippen LogP) is 5.04. The first-order valence-electron chi connectivity index (χ1n) is 12.3. The smallest absolute Gasteiger partial charge is 0.338 e. The van der Waals surface area contributed by atoms with E-state index in [1.165, 1.54) is 18.9 Å². The summed E-state index contributed by atoms with van der Waals surface area (Å²) in [6.45, 7) is 2.30. The van der Waals surface area contributed by atoms with Gasteiger partial charge in [-0.2, -0.15) is 0 Å². The maximum absolute atomic E-state index is 13.4. The Hall–Kier alpha value is -4.31. The summed E-state index contributed by atoms with van der Waals surface area (Å²) in [6, 6.07) is 21.1. The molecule has 1 N–H and O–H groups in total. The Morgan fingerprint density at radius 3 is 2.38 bits per heavy atom. The minimum absolute atomic E-state index is 0.00260. The lowest BCUT2D eigenvalue weighted by atomic mass is 10.2. The van der Waals surface area contributed by atoms with E-state index < -0.39 is 11.2 Å². The summed E-state index contributed by atoms with van der Waals surface area (Å²) >= 11 is 1.21. The number of anilines is 1. The topological polar surface area (TPSA) is 107 Å². The zero-order chi connectivity index (χ0) is 27.8. The highest BCUT2D eigenvalue weighted by Crippen LogP contribution is 2.32. The van der Waals surface area contributed by atoms with E-state index in [-0.39, 0.29) is 31.4 Å². The minimum Gasteiger partial charge on any atom is -0.497 e. The van der Waals surface area contributed by atoms with Crippen molar-refractivity contribution in [1.82, 2.24) is 4.90 Å². The van der Waals surface area contributed by atoms with Gasteiger partial charge in [-0.3, -0.25) is 14.5 Å². The van der Waals surface area contributed by atoms with Gasteiger partial charge in [0.1, 0.15) is 16.7 Å². The highest BCUT2D eigenvalue weighted by Gasteiger charge is 2.36. The molecule has 4 rings (SSSR count). The summed E-state index contributed by atoms with van der Waals surface area (Å²) in [5.74, 6) is 0.253.